The molecule has 3 aromatic rings. The van der Waals surface area contributed by atoms with Gasteiger partial charge in [-0.05, 0) is 26.0 Å². The molecular formula is C13H13N5S. The molecule has 0 saturated heterocycles. The van der Waals surface area contributed by atoms with Gasteiger partial charge in [-0.3, -0.25) is 0 Å². The summed E-state index contributed by atoms with van der Waals surface area (Å²) in [6, 6.07) is 8.24. The molecule has 0 aliphatic carbocycles. The summed E-state index contributed by atoms with van der Waals surface area (Å²) in [5.74, 6) is 0. The minimum absolute atomic E-state index is 0.470. The van der Waals surface area contributed by atoms with Gasteiger partial charge in [-0.1, -0.05) is 29.0 Å². The van der Waals surface area contributed by atoms with Gasteiger partial charge in [-0.25, -0.2) is 4.68 Å². The molecular weight excluding hydrogens is 258 g/mol. The van der Waals surface area contributed by atoms with E-state index in [1.807, 2.05) is 23.7 Å². The Balaban J connectivity index is 2.06. The number of anilines is 1. The number of rotatable bonds is 2. The van der Waals surface area contributed by atoms with E-state index in [0.29, 0.717) is 5.13 Å². The molecule has 2 aromatic heterocycles. The van der Waals surface area contributed by atoms with Crippen LogP contribution in [0, 0.1) is 13.8 Å². The first-order chi connectivity index (χ1) is 9.15. The van der Waals surface area contributed by atoms with Crippen molar-refractivity contribution in [3.05, 3.63) is 41.7 Å². The van der Waals surface area contributed by atoms with Gasteiger partial charge >= 0.3 is 0 Å². The SMILES string of the molecule is Cc1ccc(-n2ncc(-c3nnc(N)s3)c2C)cc1. The molecule has 0 atom stereocenters. The van der Waals surface area contributed by atoms with Crippen LogP contribution >= 0.6 is 11.3 Å². The van der Waals surface area contributed by atoms with Crippen LogP contribution in [0.3, 0.4) is 0 Å². The van der Waals surface area contributed by atoms with Crippen LogP contribution in [0.2, 0.25) is 0 Å². The van der Waals surface area contributed by atoms with E-state index in [1.165, 1.54) is 16.9 Å². The van der Waals surface area contributed by atoms with Crippen molar-refractivity contribution in [2.24, 2.45) is 0 Å². The standard InChI is InChI=1S/C13H13N5S/c1-8-3-5-10(6-4-8)18-9(2)11(7-15-18)12-16-17-13(14)19-12/h3-7H,1-2H3,(H2,14,17). The summed E-state index contributed by atoms with van der Waals surface area (Å²) in [6.07, 6.45) is 1.80. The highest BCUT2D eigenvalue weighted by Crippen LogP contribution is 2.28. The molecule has 2 N–H and O–H groups in total. The summed E-state index contributed by atoms with van der Waals surface area (Å²) in [5.41, 5.74) is 9.88. The van der Waals surface area contributed by atoms with E-state index in [4.69, 9.17) is 5.73 Å². The fourth-order valence-corrected chi connectivity index (χ4v) is 2.58. The highest BCUT2D eigenvalue weighted by molar-refractivity contribution is 7.18. The first kappa shape index (κ1) is 11.9. The van der Waals surface area contributed by atoms with Crippen molar-refractivity contribution in [1.82, 2.24) is 20.0 Å². The second-order valence-corrected chi connectivity index (χ2v) is 5.35. The maximum Gasteiger partial charge on any atom is 0.203 e. The molecule has 19 heavy (non-hydrogen) atoms. The lowest BCUT2D eigenvalue weighted by molar-refractivity contribution is 0.847. The Kier molecular flexibility index (Phi) is 2.79. The van der Waals surface area contributed by atoms with Crippen molar-refractivity contribution < 1.29 is 0 Å². The lowest BCUT2D eigenvalue weighted by Gasteiger charge is -2.05. The van der Waals surface area contributed by atoms with Crippen molar-refractivity contribution in [2.45, 2.75) is 13.8 Å². The molecule has 5 nitrogen and oxygen atoms in total. The average molecular weight is 271 g/mol. The smallest absolute Gasteiger partial charge is 0.203 e. The quantitative estimate of drug-likeness (QED) is 0.777. The first-order valence-corrected chi connectivity index (χ1v) is 6.68. The van der Waals surface area contributed by atoms with E-state index >= 15 is 0 Å². The number of benzene rings is 1. The van der Waals surface area contributed by atoms with E-state index in [0.717, 1.165) is 22.0 Å². The van der Waals surface area contributed by atoms with Crippen LogP contribution in [0.4, 0.5) is 5.13 Å². The zero-order valence-electron chi connectivity index (χ0n) is 10.7. The third-order valence-electron chi connectivity index (χ3n) is 2.96. The third kappa shape index (κ3) is 2.10. The Morgan fingerprint density at radius 1 is 1.11 bits per heavy atom. The highest BCUT2D eigenvalue weighted by atomic mass is 32.1. The van der Waals surface area contributed by atoms with Crippen molar-refractivity contribution in [3.8, 4) is 16.3 Å². The maximum absolute atomic E-state index is 5.62. The van der Waals surface area contributed by atoms with Gasteiger partial charge in [0, 0.05) is 0 Å². The second kappa shape index (κ2) is 4.47. The van der Waals surface area contributed by atoms with E-state index in [9.17, 15) is 0 Å². The summed E-state index contributed by atoms with van der Waals surface area (Å²) in [7, 11) is 0. The number of nitrogens with two attached hydrogens (primary N) is 1. The lowest BCUT2D eigenvalue weighted by atomic mass is 10.2. The van der Waals surface area contributed by atoms with Gasteiger partial charge < -0.3 is 5.73 Å². The summed E-state index contributed by atoms with van der Waals surface area (Å²) >= 11 is 1.37. The predicted molar refractivity (Wildman–Crippen MR) is 76.4 cm³/mol. The molecule has 96 valence electrons. The number of aryl methyl sites for hydroxylation is 1. The van der Waals surface area contributed by atoms with Crippen LogP contribution in [-0.4, -0.2) is 20.0 Å². The topological polar surface area (TPSA) is 69.6 Å². The van der Waals surface area contributed by atoms with Gasteiger partial charge in [-0.15, -0.1) is 10.2 Å². The van der Waals surface area contributed by atoms with Crippen molar-refractivity contribution in [2.75, 3.05) is 5.73 Å². The first-order valence-electron chi connectivity index (χ1n) is 5.86. The molecule has 2 heterocycles. The molecule has 0 amide bonds. The van der Waals surface area contributed by atoms with Crippen LogP contribution in [0.15, 0.2) is 30.5 Å². The molecule has 0 radical (unpaired) electrons. The van der Waals surface area contributed by atoms with Gasteiger partial charge in [-0.2, -0.15) is 5.10 Å². The van der Waals surface area contributed by atoms with Crippen LogP contribution < -0.4 is 5.73 Å². The number of aromatic nitrogens is 4. The number of nitrogens with zero attached hydrogens (tertiary/aromatic N) is 4. The monoisotopic (exact) mass is 271 g/mol. The number of nitrogen functional groups attached to an aromatic ring is 1. The number of hydrogen-bond acceptors (Lipinski definition) is 5. The molecule has 0 bridgehead atoms. The van der Waals surface area contributed by atoms with Gasteiger partial charge in [0.25, 0.3) is 0 Å². The molecule has 0 spiro atoms. The van der Waals surface area contributed by atoms with Gasteiger partial charge in [0.2, 0.25) is 5.13 Å². The highest BCUT2D eigenvalue weighted by Gasteiger charge is 2.13. The minimum Gasteiger partial charge on any atom is -0.374 e. The fourth-order valence-electron chi connectivity index (χ4n) is 1.91. The summed E-state index contributed by atoms with van der Waals surface area (Å²) in [4.78, 5) is 0. The molecule has 0 saturated carbocycles. The third-order valence-corrected chi connectivity index (χ3v) is 3.75. The maximum atomic E-state index is 5.62. The molecule has 0 aliphatic heterocycles. The average Bonchev–Trinajstić information content (AvgIpc) is 2.97. The van der Waals surface area contributed by atoms with Gasteiger partial charge in [0.1, 0.15) is 0 Å². The molecule has 0 aliphatic rings. The Labute approximate surface area is 114 Å². The summed E-state index contributed by atoms with van der Waals surface area (Å²) in [6.45, 7) is 4.08. The lowest BCUT2D eigenvalue weighted by Crippen LogP contribution is -1.98. The van der Waals surface area contributed by atoms with E-state index < -0.39 is 0 Å². The normalized spacial score (nSPS) is 10.8. The largest absolute Gasteiger partial charge is 0.374 e. The molecule has 0 unspecified atom stereocenters. The van der Waals surface area contributed by atoms with E-state index in [2.05, 4.69) is 34.4 Å². The molecule has 1 aromatic carbocycles. The Morgan fingerprint density at radius 2 is 1.84 bits per heavy atom. The Hall–Kier alpha value is -2.21. The Bertz CT molecular complexity index is 711. The van der Waals surface area contributed by atoms with Crippen LogP contribution in [0.1, 0.15) is 11.3 Å². The zero-order valence-corrected chi connectivity index (χ0v) is 11.5. The minimum atomic E-state index is 0.470. The van der Waals surface area contributed by atoms with E-state index in [1.54, 1.807) is 6.20 Å². The molecule has 6 heteroatoms. The van der Waals surface area contributed by atoms with Gasteiger partial charge in [0.05, 0.1) is 23.1 Å². The van der Waals surface area contributed by atoms with Gasteiger partial charge in [0.15, 0.2) is 5.01 Å². The van der Waals surface area contributed by atoms with Crippen molar-refractivity contribution in [3.63, 3.8) is 0 Å². The summed E-state index contributed by atoms with van der Waals surface area (Å²) < 4.78 is 1.90. The number of hydrogen-bond donors (Lipinski definition) is 1. The van der Waals surface area contributed by atoms with Crippen LogP contribution in [-0.2, 0) is 0 Å². The van der Waals surface area contributed by atoms with Crippen LogP contribution in [0.25, 0.3) is 16.3 Å². The second-order valence-electron chi connectivity index (χ2n) is 4.34. The predicted octanol–water partition coefficient (Wildman–Crippen LogP) is 2.59. The van der Waals surface area contributed by atoms with Crippen LogP contribution in [0.5, 0.6) is 0 Å². The molecule has 0 fully saturated rings. The van der Waals surface area contributed by atoms with Crippen molar-refractivity contribution in [1.29, 1.82) is 0 Å². The summed E-state index contributed by atoms with van der Waals surface area (Å²) in [5, 5.41) is 13.6. The fraction of sp³-hybridized carbons (Fsp3) is 0.154. The zero-order chi connectivity index (χ0) is 13.4. The Morgan fingerprint density at radius 3 is 2.47 bits per heavy atom. The molecule has 3 rings (SSSR count). The van der Waals surface area contributed by atoms with Crippen molar-refractivity contribution >= 4 is 16.5 Å². The van der Waals surface area contributed by atoms with E-state index in [-0.39, 0.29) is 0 Å².